The van der Waals surface area contributed by atoms with Gasteiger partial charge < -0.3 is 9.31 Å². The molecule has 1 aromatic heterocycles. The molecule has 0 N–H and O–H groups in total. The summed E-state index contributed by atoms with van der Waals surface area (Å²) in [6.45, 7) is 12.5. The molecule has 0 aliphatic carbocycles. The van der Waals surface area contributed by atoms with Crippen LogP contribution in [0.1, 0.15) is 47.2 Å². The molecule has 0 atom stereocenters. The van der Waals surface area contributed by atoms with Crippen molar-refractivity contribution in [2.45, 2.75) is 59.2 Å². The van der Waals surface area contributed by atoms with Crippen LogP contribution < -0.4 is 5.59 Å². The van der Waals surface area contributed by atoms with Crippen LogP contribution in [0.25, 0.3) is 0 Å². The molecule has 2 rings (SSSR count). The quantitative estimate of drug-likeness (QED) is 0.802. The van der Waals surface area contributed by atoms with Crippen LogP contribution in [0.3, 0.4) is 0 Å². The highest BCUT2D eigenvalue weighted by Gasteiger charge is 2.52. The van der Waals surface area contributed by atoms with E-state index < -0.39 is 7.12 Å². The van der Waals surface area contributed by atoms with Gasteiger partial charge in [-0.3, -0.25) is 4.98 Å². The highest BCUT2D eigenvalue weighted by Crippen LogP contribution is 2.36. The van der Waals surface area contributed by atoms with Gasteiger partial charge in [-0.15, -0.1) is 0 Å². The molecule has 2 heterocycles. The normalized spacial score (nSPS) is 20.7. The standard InChI is InChI=1S/C15H23BClNO2/c1-10(2)9-12-11(17)7-8-13(18-12)16-19-14(3,4)15(5,6)20-16/h7-8,10H,9H2,1-6H3. The molecule has 1 saturated heterocycles. The van der Waals surface area contributed by atoms with Gasteiger partial charge in [0.1, 0.15) is 0 Å². The van der Waals surface area contributed by atoms with E-state index in [1.807, 2.05) is 39.8 Å². The third-order valence-electron chi connectivity index (χ3n) is 4.04. The summed E-state index contributed by atoms with van der Waals surface area (Å²) in [5.41, 5.74) is 1.01. The van der Waals surface area contributed by atoms with E-state index in [2.05, 4.69) is 18.8 Å². The first-order valence-electron chi connectivity index (χ1n) is 7.13. The van der Waals surface area contributed by atoms with Gasteiger partial charge in [0, 0.05) is 0 Å². The first-order chi connectivity index (χ1) is 9.12. The number of hydrogen-bond donors (Lipinski definition) is 0. The van der Waals surface area contributed by atoms with Crippen LogP contribution in [0.2, 0.25) is 5.02 Å². The van der Waals surface area contributed by atoms with E-state index in [-0.39, 0.29) is 11.2 Å². The molecule has 0 bridgehead atoms. The second-order valence-electron chi connectivity index (χ2n) is 6.85. The van der Waals surface area contributed by atoms with E-state index in [1.54, 1.807) is 0 Å². The third kappa shape index (κ3) is 3.02. The lowest BCUT2D eigenvalue weighted by atomic mass is 9.84. The molecule has 0 radical (unpaired) electrons. The summed E-state index contributed by atoms with van der Waals surface area (Å²) in [5.74, 6) is 0.508. The Labute approximate surface area is 127 Å². The van der Waals surface area contributed by atoms with E-state index in [1.165, 1.54) is 0 Å². The molecule has 5 heteroatoms. The van der Waals surface area contributed by atoms with Crippen molar-refractivity contribution in [3.63, 3.8) is 0 Å². The average molecular weight is 296 g/mol. The molecule has 110 valence electrons. The van der Waals surface area contributed by atoms with Gasteiger partial charge in [0.25, 0.3) is 0 Å². The Morgan fingerprint density at radius 1 is 1.15 bits per heavy atom. The van der Waals surface area contributed by atoms with Crippen LogP contribution in [-0.2, 0) is 15.7 Å². The first kappa shape index (κ1) is 15.8. The molecule has 1 aliphatic heterocycles. The van der Waals surface area contributed by atoms with Gasteiger partial charge in [-0.2, -0.15) is 0 Å². The maximum atomic E-state index is 6.21. The van der Waals surface area contributed by atoms with Crippen molar-refractivity contribution in [1.82, 2.24) is 4.98 Å². The molecule has 0 amide bonds. The van der Waals surface area contributed by atoms with Crippen LogP contribution in [0, 0.1) is 5.92 Å². The Morgan fingerprint density at radius 2 is 1.70 bits per heavy atom. The zero-order valence-electron chi connectivity index (χ0n) is 13.2. The molecular weight excluding hydrogens is 272 g/mol. The number of hydrogen-bond acceptors (Lipinski definition) is 3. The van der Waals surface area contributed by atoms with Crippen LogP contribution in [0.5, 0.6) is 0 Å². The summed E-state index contributed by atoms with van der Waals surface area (Å²) < 4.78 is 12.0. The van der Waals surface area contributed by atoms with Crippen molar-refractivity contribution in [1.29, 1.82) is 0 Å². The summed E-state index contributed by atoms with van der Waals surface area (Å²) in [7, 11) is -0.428. The van der Waals surface area contributed by atoms with Crippen molar-refractivity contribution in [2.75, 3.05) is 0 Å². The first-order valence-corrected chi connectivity index (χ1v) is 7.51. The zero-order valence-corrected chi connectivity index (χ0v) is 13.9. The summed E-state index contributed by atoms with van der Waals surface area (Å²) in [6.07, 6.45) is 0.853. The van der Waals surface area contributed by atoms with E-state index in [0.29, 0.717) is 10.9 Å². The Kier molecular flexibility index (Phi) is 4.21. The van der Waals surface area contributed by atoms with Crippen LogP contribution in [-0.4, -0.2) is 23.3 Å². The Balaban J connectivity index is 2.27. The van der Waals surface area contributed by atoms with Crippen molar-refractivity contribution >= 4 is 24.3 Å². The van der Waals surface area contributed by atoms with Gasteiger partial charge in [0.15, 0.2) is 0 Å². The lowest BCUT2D eigenvalue weighted by Gasteiger charge is -2.32. The monoisotopic (exact) mass is 295 g/mol. The minimum Gasteiger partial charge on any atom is -0.398 e. The zero-order chi connectivity index (χ0) is 15.1. The number of nitrogens with zero attached hydrogens (tertiary/aromatic N) is 1. The van der Waals surface area contributed by atoms with Gasteiger partial charge in [0.05, 0.1) is 27.5 Å². The highest BCUT2D eigenvalue weighted by molar-refractivity contribution is 6.61. The third-order valence-corrected chi connectivity index (χ3v) is 4.38. The smallest absolute Gasteiger partial charge is 0.398 e. The molecule has 1 fully saturated rings. The minimum absolute atomic E-state index is 0.350. The van der Waals surface area contributed by atoms with Gasteiger partial charge >= 0.3 is 7.12 Å². The Morgan fingerprint density at radius 3 is 2.20 bits per heavy atom. The van der Waals surface area contributed by atoms with Crippen LogP contribution in [0.15, 0.2) is 12.1 Å². The fourth-order valence-corrected chi connectivity index (χ4v) is 2.31. The SMILES string of the molecule is CC(C)Cc1nc(B2OC(C)(C)C(C)(C)O2)ccc1Cl. The maximum Gasteiger partial charge on any atom is 0.514 e. The molecule has 3 nitrogen and oxygen atoms in total. The second kappa shape index (κ2) is 5.32. The van der Waals surface area contributed by atoms with Crippen molar-refractivity contribution in [3.05, 3.63) is 22.8 Å². The summed E-state index contributed by atoms with van der Waals surface area (Å²) in [6, 6.07) is 3.76. The fraction of sp³-hybridized carbons (Fsp3) is 0.667. The van der Waals surface area contributed by atoms with Crippen LogP contribution in [0.4, 0.5) is 0 Å². The topological polar surface area (TPSA) is 31.4 Å². The van der Waals surface area contributed by atoms with Crippen molar-refractivity contribution in [3.8, 4) is 0 Å². The summed E-state index contributed by atoms with van der Waals surface area (Å²) in [4.78, 5) is 4.64. The second-order valence-corrected chi connectivity index (χ2v) is 7.26. The molecule has 0 unspecified atom stereocenters. The molecule has 20 heavy (non-hydrogen) atoms. The minimum atomic E-state index is -0.428. The largest absolute Gasteiger partial charge is 0.514 e. The number of halogens is 1. The van der Waals surface area contributed by atoms with Gasteiger partial charge in [-0.1, -0.05) is 25.4 Å². The van der Waals surface area contributed by atoms with Crippen molar-refractivity contribution in [2.24, 2.45) is 5.92 Å². The predicted octanol–water partition coefficient (Wildman–Crippen LogP) is 3.23. The lowest BCUT2D eigenvalue weighted by molar-refractivity contribution is 0.00578. The molecule has 1 aliphatic rings. The molecule has 1 aromatic rings. The summed E-state index contributed by atoms with van der Waals surface area (Å²) >= 11 is 6.21. The van der Waals surface area contributed by atoms with E-state index in [9.17, 15) is 0 Å². The average Bonchev–Trinajstić information content (AvgIpc) is 2.50. The van der Waals surface area contributed by atoms with E-state index >= 15 is 0 Å². The van der Waals surface area contributed by atoms with E-state index in [0.717, 1.165) is 17.7 Å². The van der Waals surface area contributed by atoms with Crippen LogP contribution >= 0.6 is 11.6 Å². The molecule has 0 aromatic carbocycles. The highest BCUT2D eigenvalue weighted by atomic mass is 35.5. The number of aromatic nitrogens is 1. The molecule has 0 spiro atoms. The summed E-state index contributed by atoms with van der Waals surface area (Å²) in [5, 5.41) is 0.707. The maximum absolute atomic E-state index is 6.21. The predicted molar refractivity (Wildman–Crippen MR) is 83.5 cm³/mol. The lowest BCUT2D eigenvalue weighted by Crippen LogP contribution is -2.41. The fourth-order valence-electron chi connectivity index (χ4n) is 2.13. The molecular formula is C15H23BClNO2. The Bertz CT molecular complexity index is 487. The van der Waals surface area contributed by atoms with E-state index in [4.69, 9.17) is 20.9 Å². The van der Waals surface area contributed by atoms with Crippen molar-refractivity contribution < 1.29 is 9.31 Å². The molecule has 0 saturated carbocycles. The van der Waals surface area contributed by atoms with Gasteiger partial charge in [0.2, 0.25) is 0 Å². The van der Waals surface area contributed by atoms with Gasteiger partial charge in [-0.25, -0.2) is 0 Å². The number of rotatable bonds is 3. The Hall–Kier alpha value is -0.575. The van der Waals surface area contributed by atoms with Gasteiger partial charge in [-0.05, 0) is 52.2 Å². The number of pyridine rings is 1.